The lowest BCUT2D eigenvalue weighted by Crippen LogP contribution is -2.29. The van der Waals surface area contributed by atoms with Crippen molar-refractivity contribution >= 4 is 37.6 Å². The second-order valence-electron chi connectivity index (χ2n) is 4.28. The predicted molar refractivity (Wildman–Crippen MR) is 77.6 cm³/mol. The molecule has 0 aliphatic rings. The second-order valence-corrected chi connectivity index (χ2v) is 7.18. The van der Waals surface area contributed by atoms with Gasteiger partial charge in [0, 0.05) is 29.7 Å². The molecule has 21 heavy (non-hydrogen) atoms. The summed E-state index contributed by atoms with van der Waals surface area (Å²) in [6.45, 7) is 1.27. The van der Waals surface area contributed by atoms with Crippen LogP contribution in [0.1, 0.15) is 12.0 Å². The molecule has 1 rings (SSSR count). The van der Waals surface area contributed by atoms with E-state index in [1.165, 1.54) is 20.0 Å². The van der Waals surface area contributed by atoms with Crippen molar-refractivity contribution in [1.29, 1.82) is 0 Å². The molecule has 0 amide bonds. The number of carboxylic acids is 1. The molecular formula is C11H13BrN2O6S. The van der Waals surface area contributed by atoms with Crippen LogP contribution >= 0.6 is 15.9 Å². The molecule has 0 heterocycles. The van der Waals surface area contributed by atoms with Gasteiger partial charge in [0.15, 0.2) is 0 Å². The normalized spacial score (nSPS) is 11.6. The Morgan fingerprint density at radius 3 is 2.52 bits per heavy atom. The van der Waals surface area contributed by atoms with Gasteiger partial charge in [-0.3, -0.25) is 14.9 Å². The molecule has 0 saturated heterocycles. The fourth-order valence-electron chi connectivity index (χ4n) is 1.53. The van der Waals surface area contributed by atoms with E-state index in [4.69, 9.17) is 5.11 Å². The maximum absolute atomic E-state index is 12.3. The summed E-state index contributed by atoms with van der Waals surface area (Å²) in [6, 6.07) is 2.22. The maximum atomic E-state index is 12.3. The number of nitro benzene ring substituents is 1. The zero-order valence-corrected chi connectivity index (χ0v) is 13.6. The van der Waals surface area contributed by atoms with Gasteiger partial charge in [-0.15, -0.1) is 0 Å². The number of carbonyl (C=O) groups is 1. The number of nitrogens with zero attached hydrogens (tertiary/aromatic N) is 2. The van der Waals surface area contributed by atoms with Crippen LogP contribution in [0.2, 0.25) is 0 Å². The Labute approximate surface area is 129 Å². The van der Waals surface area contributed by atoms with E-state index < -0.39 is 20.9 Å². The van der Waals surface area contributed by atoms with Gasteiger partial charge in [0.05, 0.1) is 16.2 Å². The first-order valence-electron chi connectivity index (χ1n) is 5.70. The van der Waals surface area contributed by atoms with Gasteiger partial charge in [-0.1, -0.05) is 15.9 Å². The Balaban J connectivity index is 3.26. The Morgan fingerprint density at radius 1 is 1.48 bits per heavy atom. The zero-order valence-electron chi connectivity index (χ0n) is 11.2. The standard InChI is InChI=1S/C11H13BrN2O6S/c1-7-9(12)5-8(6-10(7)14(17)18)21(19,20)13(2)4-3-11(15)16/h5-6H,3-4H2,1-2H3,(H,15,16). The molecule has 116 valence electrons. The number of halogens is 1. The second kappa shape index (κ2) is 6.50. The van der Waals surface area contributed by atoms with Crippen molar-refractivity contribution in [2.75, 3.05) is 13.6 Å². The molecule has 0 saturated carbocycles. The fourth-order valence-corrected chi connectivity index (χ4v) is 3.35. The van der Waals surface area contributed by atoms with Crippen LogP contribution in [-0.4, -0.2) is 42.3 Å². The van der Waals surface area contributed by atoms with Gasteiger partial charge in [-0.2, -0.15) is 0 Å². The number of hydrogen-bond donors (Lipinski definition) is 1. The molecule has 0 aliphatic carbocycles. The molecule has 0 bridgehead atoms. The highest BCUT2D eigenvalue weighted by atomic mass is 79.9. The summed E-state index contributed by atoms with van der Waals surface area (Å²) in [4.78, 5) is 20.5. The van der Waals surface area contributed by atoms with E-state index in [-0.39, 0.29) is 23.5 Å². The summed E-state index contributed by atoms with van der Waals surface area (Å²) in [5.74, 6) is -1.13. The molecule has 0 fully saturated rings. The molecule has 0 aromatic heterocycles. The Morgan fingerprint density at radius 2 is 2.05 bits per heavy atom. The summed E-state index contributed by atoms with van der Waals surface area (Å²) in [5.41, 5.74) is -0.0123. The summed E-state index contributed by atoms with van der Waals surface area (Å²) in [7, 11) is -2.77. The average molecular weight is 381 g/mol. The minimum Gasteiger partial charge on any atom is -0.481 e. The first-order valence-corrected chi connectivity index (χ1v) is 7.93. The highest BCUT2D eigenvalue weighted by molar-refractivity contribution is 9.10. The van der Waals surface area contributed by atoms with E-state index in [0.29, 0.717) is 10.0 Å². The van der Waals surface area contributed by atoms with Crippen molar-refractivity contribution < 1.29 is 23.2 Å². The van der Waals surface area contributed by atoms with Crippen LogP contribution in [-0.2, 0) is 14.8 Å². The molecule has 0 aliphatic heterocycles. The topological polar surface area (TPSA) is 118 Å². The summed E-state index contributed by atoms with van der Waals surface area (Å²) < 4.78 is 25.7. The number of rotatable bonds is 6. The van der Waals surface area contributed by atoms with Gasteiger partial charge < -0.3 is 5.11 Å². The quantitative estimate of drug-likeness (QED) is 0.593. The maximum Gasteiger partial charge on any atom is 0.304 e. The Hall–Kier alpha value is -1.52. The van der Waals surface area contributed by atoms with Crippen LogP contribution in [0.4, 0.5) is 5.69 Å². The van der Waals surface area contributed by atoms with Crippen molar-refractivity contribution in [2.24, 2.45) is 0 Å². The van der Waals surface area contributed by atoms with Crippen molar-refractivity contribution in [3.63, 3.8) is 0 Å². The van der Waals surface area contributed by atoms with Gasteiger partial charge in [0.1, 0.15) is 0 Å². The monoisotopic (exact) mass is 380 g/mol. The first-order chi connectivity index (χ1) is 9.57. The van der Waals surface area contributed by atoms with Crippen molar-refractivity contribution in [3.05, 3.63) is 32.3 Å². The Kier molecular flexibility index (Phi) is 5.42. The molecule has 1 N–H and O–H groups in total. The van der Waals surface area contributed by atoms with Crippen LogP contribution in [0.25, 0.3) is 0 Å². The summed E-state index contributed by atoms with van der Waals surface area (Å²) in [6.07, 6.45) is -0.356. The number of nitro groups is 1. The smallest absolute Gasteiger partial charge is 0.304 e. The van der Waals surface area contributed by atoms with Gasteiger partial charge in [0.2, 0.25) is 10.0 Å². The number of aliphatic carboxylic acids is 1. The third-order valence-corrected chi connectivity index (χ3v) is 5.49. The number of carboxylic acid groups (broad SMARTS) is 1. The molecule has 1 aromatic carbocycles. The van der Waals surface area contributed by atoms with Crippen molar-refractivity contribution in [3.8, 4) is 0 Å². The fraction of sp³-hybridized carbons (Fsp3) is 0.364. The molecule has 10 heteroatoms. The number of benzene rings is 1. The summed E-state index contributed by atoms with van der Waals surface area (Å²) in [5, 5.41) is 19.5. The molecule has 0 unspecified atom stereocenters. The lowest BCUT2D eigenvalue weighted by Gasteiger charge is -2.16. The SMILES string of the molecule is Cc1c(Br)cc(S(=O)(=O)N(C)CCC(=O)O)cc1[N+](=O)[O-]. The minimum absolute atomic E-state index is 0.225. The molecule has 1 aromatic rings. The Bertz CT molecular complexity index is 688. The molecule has 8 nitrogen and oxygen atoms in total. The van der Waals surface area contributed by atoms with E-state index in [9.17, 15) is 23.3 Å². The zero-order chi connectivity index (χ0) is 16.4. The lowest BCUT2D eigenvalue weighted by atomic mass is 10.2. The van der Waals surface area contributed by atoms with Crippen LogP contribution < -0.4 is 0 Å². The molecule has 0 spiro atoms. The van der Waals surface area contributed by atoms with Crippen LogP contribution in [0, 0.1) is 17.0 Å². The molecule has 0 atom stereocenters. The highest BCUT2D eigenvalue weighted by Crippen LogP contribution is 2.30. The van der Waals surface area contributed by atoms with E-state index in [2.05, 4.69) is 15.9 Å². The van der Waals surface area contributed by atoms with E-state index >= 15 is 0 Å². The summed E-state index contributed by atoms with van der Waals surface area (Å²) >= 11 is 3.09. The number of sulfonamides is 1. The predicted octanol–water partition coefficient (Wildman–Crippen LogP) is 1.76. The van der Waals surface area contributed by atoms with Crippen LogP contribution in [0.15, 0.2) is 21.5 Å². The average Bonchev–Trinajstić information content (AvgIpc) is 2.38. The van der Waals surface area contributed by atoms with Crippen LogP contribution in [0.5, 0.6) is 0 Å². The van der Waals surface area contributed by atoms with Gasteiger partial charge in [-0.05, 0) is 13.0 Å². The van der Waals surface area contributed by atoms with E-state index in [1.54, 1.807) is 0 Å². The van der Waals surface area contributed by atoms with Gasteiger partial charge in [0.25, 0.3) is 5.69 Å². The van der Waals surface area contributed by atoms with Crippen molar-refractivity contribution in [2.45, 2.75) is 18.2 Å². The van der Waals surface area contributed by atoms with Crippen LogP contribution in [0.3, 0.4) is 0 Å². The largest absolute Gasteiger partial charge is 0.481 e. The number of hydrogen-bond acceptors (Lipinski definition) is 5. The minimum atomic E-state index is -3.99. The first kappa shape index (κ1) is 17.5. The van der Waals surface area contributed by atoms with Crippen molar-refractivity contribution in [1.82, 2.24) is 4.31 Å². The van der Waals surface area contributed by atoms with E-state index in [1.807, 2.05) is 0 Å². The highest BCUT2D eigenvalue weighted by Gasteiger charge is 2.26. The van der Waals surface area contributed by atoms with Gasteiger partial charge in [-0.25, -0.2) is 12.7 Å². The third kappa shape index (κ3) is 3.99. The molecular weight excluding hydrogens is 368 g/mol. The van der Waals surface area contributed by atoms with E-state index in [0.717, 1.165) is 10.4 Å². The molecule has 0 radical (unpaired) electrons. The third-order valence-electron chi connectivity index (χ3n) is 2.84. The van der Waals surface area contributed by atoms with Gasteiger partial charge >= 0.3 is 5.97 Å². The lowest BCUT2D eigenvalue weighted by molar-refractivity contribution is -0.385.